The summed E-state index contributed by atoms with van der Waals surface area (Å²) in [5, 5.41) is 0. The lowest BCUT2D eigenvalue weighted by Crippen LogP contribution is -2.72. The normalized spacial score (nSPS) is 15.5. The molecule has 42 heavy (non-hydrogen) atoms. The molecule has 1 aromatic carbocycles. The highest BCUT2D eigenvalue weighted by atomic mass is 19.4. The third kappa shape index (κ3) is 4.05. The van der Waals surface area contributed by atoms with Crippen LogP contribution in [0, 0.1) is 0 Å². The summed E-state index contributed by atoms with van der Waals surface area (Å²) in [6.07, 6.45) is -7.39. The molecule has 1 aromatic heterocycles. The van der Waals surface area contributed by atoms with Crippen molar-refractivity contribution >= 4 is 17.4 Å². The van der Waals surface area contributed by atoms with Crippen LogP contribution in [0.25, 0.3) is 11.4 Å². The molecule has 2 heterocycles. The molecular formula is C23H15F15N2O2. The lowest BCUT2D eigenvalue weighted by atomic mass is 9.87. The number of nitrogens with zero attached hydrogens (tertiary/aromatic N) is 2. The first kappa shape index (κ1) is 33.0. The first-order valence-corrected chi connectivity index (χ1v) is 11.1. The van der Waals surface area contributed by atoms with E-state index in [1.807, 2.05) is 0 Å². The van der Waals surface area contributed by atoms with Crippen molar-refractivity contribution in [3.8, 4) is 5.69 Å². The lowest BCUT2D eigenvalue weighted by molar-refractivity contribution is -0.453. The van der Waals surface area contributed by atoms with Crippen LogP contribution in [-0.4, -0.2) is 60.0 Å². The highest BCUT2D eigenvalue weighted by Crippen LogP contribution is 2.64. The van der Waals surface area contributed by atoms with Crippen molar-refractivity contribution in [3.63, 3.8) is 0 Å². The number of benzene rings is 1. The van der Waals surface area contributed by atoms with Crippen LogP contribution >= 0.6 is 0 Å². The molecule has 0 atom stereocenters. The molecular weight excluding hydrogens is 621 g/mol. The molecule has 0 saturated heterocycles. The fourth-order valence-corrected chi connectivity index (χ4v) is 4.04. The molecule has 4 nitrogen and oxygen atoms in total. The third-order valence-electron chi connectivity index (χ3n) is 6.32. The second kappa shape index (κ2) is 9.48. The number of halogens is 15. The van der Waals surface area contributed by atoms with E-state index in [1.54, 1.807) is 0 Å². The molecule has 1 aliphatic heterocycles. The maximum atomic E-state index is 15.5. The average Bonchev–Trinajstić information content (AvgIpc) is 3.28. The Morgan fingerprint density at radius 3 is 1.69 bits per heavy atom. The number of fused-ring (bicyclic) bond motifs is 3. The average molecular weight is 636 g/mol. The fraction of sp³-hybridized carbons (Fsp3) is 0.435. The van der Waals surface area contributed by atoms with Gasteiger partial charge in [-0.1, -0.05) is 18.7 Å². The van der Waals surface area contributed by atoms with E-state index in [2.05, 4.69) is 11.3 Å². The molecule has 0 radical (unpaired) electrons. The number of hydrogen-bond acceptors (Lipinski definition) is 3. The number of ether oxygens (including phenoxy) is 1. The summed E-state index contributed by atoms with van der Waals surface area (Å²) in [6, 6.07) is 5.06. The van der Waals surface area contributed by atoms with Gasteiger partial charge < -0.3 is 14.2 Å². The molecule has 0 N–H and O–H groups in total. The van der Waals surface area contributed by atoms with E-state index in [4.69, 9.17) is 0 Å². The van der Waals surface area contributed by atoms with E-state index in [-0.39, 0.29) is 11.4 Å². The molecule has 0 aliphatic carbocycles. The predicted octanol–water partition coefficient (Wildman–Crippen LogP) is 7.91. The van der Waals surface area contributed by atoms with Gasteiger partial charge in [0.1, 0.15) is 0 Å². The van der Waals surface area contributed by atoms with E-state index in [9.17, 15) is 61.9 Å². The number of aromatic nitrogens is 1. The molecule has 0 spiro atoms. The molecule has 0 unspecified atom stereocenters. The summed E-state index contributed by atoms with van der Waals surface area (Å²) in [4.78, 5) is 13.4. The van der Waals surface area contributed by atoms with Gasteiger partial charge in [0.2, 0.25) is 0 Å². The number of alkyl halides is 15. The van der Waals surface area contributed by atoms with Crippen LogP contribution in [0.15, 0.2) is 37.0 Å². The predicted molar refractivity (Wildman–Crippen MR) is 114 cm³/mol. The number of para-hydroxylation sites is 2. The van der Waals surface area contributed by atoms with Crippen LogP contribution in [0.2, 0.25) is 0 Å². The summed E-state index contributed by atoms with van der Waals surface area (Å²) in [6.45, 7) is 3.72. The van der Waals surface area contributed by atoms with Crippen LogP contribution in [0.4, 0.5) is 71.5 Å². The van der Waals surface area contributed by atoms with Crippen molar-refractivity contribution in [3.05, 3.63) is 53.9 Å². The molecule has 0 amide bonds. The summed E-state index contributed by atoms with van der Waals surface area (Å²) < 4.78 is 214. The summed E-state index contributed by atoms with van der Waals surface area (Å²) >= 11 is 0. The Morgan fingerprint density at radius 2 is 1.21 bits per heavy atom. The molecule has 19 heteroatoms. The lowest BCUT2D eigenvalue weighted by Gasteiger charge is -2.42. The number of esters is 1. The van der Waals surface area contributed by atoms with Crippen molar-refractivity contribution in [1.82, 2.24) is 4.57 Å². The van der Waals surface area contributed by atoms with E-state index >= 15 is 8.78 Å². The van der Waals surface area contributed by atoms with E-state index in [0.29, 0.717) is 10.8 Å². The SMILES string of the molecule is C=C1c2c(C(F)(F)C(F)(F)C(F)(F)C(F)(F)C(F)(F)C(F)(F)C(F)(F)F)c(C(=O)OCC)cn2-c2ccccc2N1C. The number of carbonyl (C=O) groups is 1. The van der Waals surface area contributed by atoms with Gasteiger partial charge in [0.25, 0.3) is 0 Å². The van der Waals surface area contributed by atoms with Crippen LogP contribution in [-0.2, 0) is 10.7 Å². The number of hydrogen-bond donors (Lipinski definition) is 0. The van der Waals surface area contributed by atoms with Gasteiger partial charge >= 0.3 is 47.7 Å². The third-order valence-corrected chi connectivity index (χ3v) is 6.32. The highest BCUT2D eigenvalue weighted by molar-refractivity contribution is 5.96. The fourth-order valence-electron chi connectivity index (χ4n) is 4.04. The second-order valence-corrected chi connectivity index (χ2v) is 8.80. The molecule has 0 fully saturated rings. The molecule has 234 valence electrons. The number of rotatable bonds is 8. The van der Waals surface area contributed by atoms with Crippen LogP contribution < -0.4 is 4.90 Å². The standard InChI is InChI=1S/C23H15F15N2O2/c1-4-42-16(41)11-9-40-13-8-6-5-7-12(13)39(3)10(2)15(40)14(11)17(24,25)18(26,27)19(28,29)20(30,31)21(32,33)22(34,35)23(36,37)38/h5-9H,2,4H2,1,3H3. The topological polar surface area (TPSA) is 34.5 Å². The van der Waals surface area contributed by atoms with Gasteiger partial charge in [-0.2, -0.15) is 65.9 Å². The summed E-state index contributed by atoms with van der Waals surface area (Å²) in [5.41, 5.74) is -6.50. The Labute approximate surface area is 224 Å². The highest BCUT2D eigenvalue weighted by Gasteiger charge is 2.93. The minimum absolute atomic E-state index is 0.0768. The minimum atomic E-state index is -8.48. The molecule has 2 aromatic rings. The molecule has 1 aliphatic rings. The van der Waals surface area contributed by atoms with Gasteiger partial charge in [-0.3, -0.25) is 0 Å². The van der Waals surface area contributed by atoms with Crippen LogP contribution in [0.5, 0.6) is 0 Å². The zero-order valence-electron chi connectivity index (χ0n) is 20.7. The van der Waals surface area contributed by atoms with Gasteiger partial charge in [-0.15, -0.1) is 0 Å². The largest absolute Gasteiger partial charge is 0.462 e. The van der Waals surface area contributed by atoms with Crippen LogP contribution in [0.1, 0.15) is 28.5 Å². The van der Waals surface area contributed by atoms with Crippen molar-refractivity contribution in [2.24, 2.45) is 0 Å². The van der Waals surface area contributed by atoms with Gasteiger partial charge in [0.05, 0.1) is 40.5 Å². The Balaban J connectivity index is 2.37. The van der Waals surface area contributed by atoms with E-state index in [1.165, 1.54) is 18.2 Å². The van der Waals surface area contributed by atoms with E-state index in [0.717, 1.165) is 24.9 Å². The second-order valence-electron chi connectivity index (χ2n) is 8.80. The Kier molecular flexibility index (Phi) is 7.44. The molecule has 0 saturated carbocycles. The maximum absolute atomic E-state index is 15.5. The zero-order chi connectivity index (χ0) is 32.6. The summed E-state index contributed by atoms with van der Waals surface area (Å²) in [7, 11) is 1.07. The first-order valence-electron chi connectivity index (χ1n) is 11.1. The van der Waals surface area contributed by atoms with Gasteiger partial charge in [0, 0.05) is 13.2 Å². The monoisotopic (exact) mass is 636 g/mol. The van der Waals surface area contributed by atoms with Crippen LogP contribution in [0.3, 0.4) is 0 Å². The Morgan fingerprint density at radius 1 is 0.762 bits per heavy atom. The van der Waals surface area contributed by atoms with Crippen molar-refractivity contribution in [2.75, 3.05) is 18.6 Å². The smallest absolute Gasteiger partial charge is 0.460 e. The maximum Gasteiger partial charge on any atom is 0.460 e. The molecule has 0 bridgehead atoms. The zero-order valence-corrected chi connectivity index (χ0v) is 20.7. The van der Waals surface area contributed by atoms with Gasteiger partial charge in [-0.25, -0.2) is 4.79 Å². The van der Waals surface area contributed by atoms with Gasteiger partial charge in [-0.05, 0) is 19.1 Å². The Hall–Kier alpha value is -3.54. The van der Waals surface area contributed by atoms with Gasteiger partial charge in [0.15, 0.2) is 0 Å². The van der Waals surface area contributed by atoms with E-state index < -0.39 is 76.8 Å². The van der Waals surface area contributed by atoms with Crippen molar-refractivity contribution < 1.29 is 75.4 Å². The quantitative estimate of drug-likeness (QED) is 0.218. The molecule has 3 rings (SSSR count). The number of anilines is 1. The first-order chi connectivity index (χ1) is 18.8. The Bertz CT molecular complexity index is 1410. The summed E-state index contributed by atoms with van der Waals surface area (Å²) in [5.74, 6) is -50.0. The van der Waals surface area contributed by atoms with Crippen molar-refractivity contribution in [2.45, 2.75) is 48.6 Å². The minimum Gasteiger partial charge on any atom is -0.462 e. The number of carbonyl (C=O) groups excluding carboxylic acids is 1. The van der Waals surface area contributed by atoms with Crippen molar-refractivity contribution in [1.29, 1.82) is 0 Å².